The highest BCUT2D eigenvalue weighted by atomic mass is 32.2. The van der Waals surface area contributed by atoms with E-state index in [-0.39, 0.29) is 22.5 Å². The van der Waals surface area contributed by atoms with Crippen LogP contribution >= 0.6 is 25.3 Å². The van der Waals surface area contributed by atoms with Crippen LogP contribution in [0.25, 0.3) is 11.1 Å². The molecule has 1 aliphatic rings. The molecule has 1 amide bonds. The van der Waals surface area contributed by atoms with Gasteiger partial charge >= 0.3 is 12.1 Å². The van der Waals surface area contributed by atoms with E-state index in [1.54, 1.807) is 0 Å². The van der Waals surface area contributed by atoms with Gasteiger partial charge in [-0.1, -0.05) is 81.6 Å². The van der Waals surface area contributed by atoms with Crippen LogP contribution in [-0.2, 0) is 9.53 Å². The van der Waals surface area contributed by atoms with E-state index in [0.717, 1.165) is 41.5 Å². The van der Waals surface area contributed by atoms with Crippen molar-refractivity contribution in [1.29, 1.82) is 0 Å². The maximum atomic E-state index is 12.4. The lowest BCUT2D eigenvalue weighted by molar-refractivity contribution is -0.139. The van der Waals surface area contributed by atoms with Crippen molar-refractivity contribution >= 4 is 37.3 Å². The van der Waals surface area contributed by atoms with Crippen molar-refractivity contribution in [2.45, 2.75) is 62.5 Å². The number of unbranched alkanes of at least 4 members (excludes halogenated alkanes) is 2. The van der Waals surface area contributed by atoms with Gasteiger partial charge in [0.05, 0.1) is 0 Å². The van der Waals surface area contributed by atoms with Gasteiger partial charge in [0.15, 0.2) is 0 Å². The molecular formula is C26H33NO4S2. The SMILES string of the molecule is CC(C)(CCCCC[C@H](NC(=O)OCC1c2ccccc2-c2ccccc21)C(=O)O)C(S)S. The first-order valence-electron chi connectivity index (χ1n) is 11.4. The van der Waals surface area contributed by atoms with Gasteiger partial charge < -0.3 is 15.2 Å². The first-order chi connectivity index (χ1) is 15.7. The summed E-state index contributed by atoms with van der Waals surface area (Å²) >= 11 is 8.82. The maximum Gasteiger partial charge on any atom is 0.407 e. The molecule has 1 aliphatic carbocycles. The minimum absolute atomic E-state index is 0.000460. The summed E-state index contributed by atoms with van der Waals surface area (Å²) in [4.78, 5) is 24.1. The predicted octanol–water partition coefficient (Wildman–Crippen LogP) is 6.14. The monoisotopic (exact) mass is 487 g/mol. The highest BCUT2D eigenvalue weighted by molar-refractivity contribution is 7.99. The molecule has 7 heteroatoms. The zero-order valence-electron chi connectivity index (χ0n) is 19.2. The third-order valence-electron chi connectivity index (χ3n) is 6.45. The Kier molecular flexibility index (Phi) is 8.76. The van der Waals surface area contributed by atoms with E-state index in [4.69, 9.17) is 4.74 Å². The zero-order chi connectivity index (χ0) is 24.0. The zero-order valence-corrected chi connectivity index (χ0v) is 20.9. The Morgan fingerprint density at radius 2 is 1.58 bits per heavy atom. The summed E-state index contributed by atoms with van der Waals surface area (Å²) in [5.74, 6) is -1.10. The second kappa shape index (κ2) is 11.3. The minimum Gasteiger partial charge on any atom is -0.480 e. The molecule has 2 aromatic carbocycles. The van der Waals surface area contributed by atoms with E-state index in [9.17, 15) is 14.7 Å². The van der Waals surface area contributed by atoms with Gasteiger partial charge in [-0.25, -0.2) is 9.59 Å². The maximum absolute atomic E-state index is 12.4. The number of alkyl carbamates (subject to hydrolysis) is 1. The summed E-state index contributed by atoms with van der Waals surface area (Å²) < 4.78 is 5.49. The van der Waals surface area contributed by atoms with E-state index in [1.165, 1.54) is 0 Å². The quantitative estimate of drug-likeness (QED) is 0.174. The van der Waals surface area contributed by atoms with E-state index in [0.29, 0.717) is 12.8 Å². The van der Waals surface area contributed by atoms with Crippen LogP contribution in [0.1, 0.15) is 63.0 Å². The molecule has 2 aromatic rings. The summed E-state index contributed by atoms with van der Waals surface area (Å²) in [5.41, 5.74) is 4.55. The molecule has 0 radical (unpaired) electrons. The molecule has 0 bridgehead atoms. The van der Waals surface area contributed by atoms with Crippen molar-refractivity contribution < 1.29 is 19.4 Å². The summed E-state index contributed by atoms with van der Waals surface area (Å²) in [6.07, 6.45) is 3.18. The molecule has 178 valence electrons. The molecular weight excluding hydrogens is 454 g/mol. The number of carbonyl (C=O) groups is 2. The van der Waals surface area contributed by atoms with Crippen LogP contribution in [-0.4, -0.2) is 34.4 Å². The smallest absolute Gasteiger partial charge is 0.407 e. The highest BCUT2D eigenvalue weighted by Gasteiger charge is 2.30. The van der Waals surface area contributed by atoms with Crippen LogP contribution in [0.4, 0.5) is 4.79 Å². The number of fused-ring (bicyclic) bond motifs is 3. The number of carboxylic acid groups (broad SMARTS) is 1. The Bertz CT molecular complexity index is 931. The number of aliphatic carboxylic acids is 1. The second-order valence-electron chi connectivity index (χ2n) is 9.32. The van der Waals surface area contributed by atoms with Gasteiger partial charge in [-0.2, -0.15) is 25.3 Å². The van der Waals surface area contributed by atoms with Crippen LogP contribution in [0, 0.1) is 5.41 Å². The fraction of sp³-hybridized carbons (Fsp3) is 0.462. The molecule has 1 atom stereocenters. The number of nitrogens with one attached hydrogen (secondary N) is 1. The van der Waals surface area contributed by atoms with Crippen molar-refractivity contribution in [3.63, 3.8) is 0 Å². The summed E-state index contributed by atoms with van der Waals surface area (Å²) in [7, 11) is 0. The first kappa shape index (κ1) is 25.5. The Morgan fingerprint density at radius 1 is 1.00 bits per heavy atom. The van der Waals surface area contributed by atoms with E-state index < -0.39 is 18.1 Å². The number of carboxylic acids is 1. The van der Waals surface area contributed by atoms with E-state index in [2.05, 4.69) is 56.6 Å². The Labute approximate surface area is 207 Å². The number of benzene rings is 2. The molecule has 33 heavy (non-hydrogen) atoms. The average molecular weight is 488 g/mol. The molecule has 2 N–H and O–H groups in total. The number of amides is 1. The van der Waals surface area contributed by atoms with Crippen LogP contribution in [0.3, 0.4) is 0 Å². The first-order valence-corrected chi connectivity index (χ1v) is 12.4. The molecule has 0 unspecified atom stereocenters. The summed E-state index contributed by atoms with van der Waals surface area (Å²) in [5, 5.41) is 12.1. The molecule has 5 nitrogen and oxygen atoms in total. The van der Waals surface area contributed by atoms with Crippen LogP contribution in [0.15, 0.2) is 48.5 Å². The third-order valence-corrected chi connectivity index (χ3v) is 7.84. The predicted molar refractivity (Wildman–Crippen MR) is 138 cm³/mol. The van der Waals surface area contributed by atoms with Crippen LogP contribution in [0.2, 0.25) is 0 Å². The lowest BCUT2D eigenvalue weighted by Gasteiger charge is -2.27. The average Bonchev–Trinajstić information content (AvgIpc) is 3.10. The number of hydrogen-bond acceptors (Lipinski definition) is 5. The number of rotatable bonds is 11. The van der Waals surface area contributed by atoms with Gasteiger partial charge in [0.25, 0.3) is 0 Å². The largest absolute Gasteiger partial charge is 0.480 e. The fourth-order valence-corrected chi connectivity index (χ4v) is 4.53. The second-order valence-corrected chi connectivity index (χ2v) is 10.8. The summed E-state index contributed by atoms with van der Waals surface area (Å²) in [6.45, 7) is 4.41. The van der Waals surface area contributed by atoms with E-state index >= 15 is 0 Å². The molecule has 0 spiro atoms. The highest BCUT2D eigenvalue weighted by Crippen LogP contribution is 2.44. The molecule has 3 rings (SSSR count). The van der Waals surface area contributed by atoms with Crippen molar-refractivity contribution in [2.75, 3.05) is 6.61 Å². The normalized spacial score (nSPS) is 14.0. The number of ether oxygens (including phenoxy) is 1. The molecule has 0 saturated carbocycles. The molecule has 0 saturated heterocycles. The van der Waals surface area contributed by atoms with Gasteiger partial charge in [0.1, 0.15) is 12.6 Å². The molecule has 0 aromatic heterocycles. The lowest BCUT2D eigenvalue weighted by atomic mass is 9.88. The Morgan fingerprint density at radius 3 is 2.12 bits per heavy atom. The van der Waals surface area contributed by atoms with Crippen LogP contribution in [0.5, 0.6) is 0 Å². The third kappa shape index (κ3) is 6.48. The topological polar surface area (TPSA) is 75.6 Å². The fourth-order valence-electron chi connectivity index (χ4n) is 4.27. The van der Waals surface area contributed by atoms with Gasteiger partial charge in [-0.3, -0.25) is 0 Å². The van der Waals surface area contributed by atoms with Gasteiger partial charge in [-0.15, -0.1) is 0 Å². The van der Waals surface area contributed by atoms with Gasteiger partial charge in [0, 0.05) is 10.5 Å². The molecule has 0 fully saturated rings. The van der Waals surface area contributed by atoms with Crippen molar-refractivity contribution in [1.82, 2.24) is 5.32 Å². The van der Waals surface area contributed by atoms with Gasteiger partial charge in [-0.05, 0) is 40.5 Å². The summed E-state index contributed by atoms with van der Waals surface area (Å²) in [6, 6.07) is 15.2. The number of hydrogen-bond donors (Lipinski definition) is 4. The Hall–Kier alpha value is -2.12. The number of thiol groups is 2. The molecule has 0 aliphatic heterocycles. The van der Waals surface area contributed by atoms with Crippen molar-refractivity contribution in [3.8, 4) is 11.1 Å². The van der Waals surface area contributed by atoms with Gasteiger partial charge in [0.2, 0.25) is 0 Å². The van der Waals surface area contributed by atoms with Crippen molar-refractivity contribution in [2.24, 2.45) is 5.41 Å². The molecule has 0 heterocycles. The Balaban J connectivity index is 1.49. The number of carbonyl (C=O) groups excluding carboxylic acids is 1. The van der Waals surface area contributed by atoms with Crippen molar-refractivity contribution in [3.05, 3.63) is 59.7 Å². The lowest BCUT2D eigenvalue weighted by Crippen LogP contribution is -2.41. The van der Waals surface area contributed by atoms with E-state index in [1.807, 2.05) is 36.4 Å². The standard InChI is InChI=1S/C26H33NO4S2/c1-26(2,24(32)33)15-9-3-4-14-22(23(28)29)27-25(30)31-16-21-19-12-7-5-10-17(19)18-11-6-8-13-20(18)21/h5-8,10-13,21-22,24,32-33H,3-4,9,14-16H2,1-2H3,(H,27,30)(H,28,29)/t22-/m0/s1. The minimum atomic E-state index is -1.05. The van der Waals surface area contributed by atoms with Crippen LogP contribution < -0.4 is 5.32 Å².